The third kappa shape index (κ3) is 5.63. The number of hydrogen-bond donors (Lipinski definition) is 0. The van der Waals surface area contributed by atoms with Crippen molar-refractivity contribution >= 4 is 21.8 Å². The summed E-state index contributed by atoms with van der Waals surface area (Å²) in [6.07, 6.45) is -0.0743. The van der Waals surface area contributed by atoms with Gasteiger partial charge in [0.05, 0.1) is 9.82 Å². The molecule has 0 spiro atoms. The highest BCUT2D eigenvalue weighted by atomic mass is 32.2. The Bertz CT molecular complexity index is 1070. The molecule has 0 aromatic heterocycles. The molecule has 172 valence electrons. The fourth-order valence-corrected chi connectivity index (χ4v) is 5.18. The van der Waals surface area contributed by atoms with E-state index in [0.29, 0.717) is 6.42 Å². The molecule has 2 aromatic rings. The summed E-state index contributed by atoms with van der Waals surface area (Å²) in [5.74, 6) is 0. The number of hydrogen-bond acceptors (Lipinski definition) is 6. The zero-order chi connectivity index (χ0) is 23.5. The molecular formula is C22H27N3O6S. The Morgan fingerprint density at radius 1 is 1.09 bits per heavy atom. The van der Waals surface area contributed by atoms with Crippen LogP contribution in [0.15, 0.2) is 59.5 Å². The van der Waals surface area contributed by atoms with Gasteiger partial charge in [-0.3, -0.25) is 10.1 Å². The van der Waals surface area contributed by atoms with E-state index in [1.165, 1.54) is 33.5 Å². The van der Waals surface area contributed by atoms with Crippen molar-refractivity contribution in [3.63, 3.8) is 0 Å². The summed E-state index contributed by atoms with van der Waals surface area (Å²) in [4.78, 5) is 24.5. The number of nitrogens with zero attached hydrogens (tertiary/aromatic N) is 3. The number of carbonyl (C=O) groups excluding carboxylic acids is 1. The fourth-order valence-electron chi connectivity index (χ4n) is 3.58. The molecule has 1 amide bonds. The maximum atomic E-state index is 13.4. The maximum absolute atomic E-state index is 13.4. The van der Waals surface area contributed by atoms with Gasteiger partial charge in [-0.05, 0) is 44.9 Å². The van der Waals surface area contributed by atoms with Gasteiger partial charge in [0.25, 0.3) is 5.69 Å². The average molecular weight is 462 g/mol. The lowest BCUT2D eigenvalue weighted by molar-refractivity contribution is -0.384. The Morgan fingerprint density at radius 2 is 1.72 bits per heavy atom. The highest BCUT2D eigenvalue weighted by molar-refractivity contribution is 7.89. The van der Waals surface area contributed by atoms with Crippen LogP contribution in [0, 0.1) is 10.1 Å². The summed E-state index contributed by atoms with van der Waals surface area (Å²) in [7, 11) is -3.93. The molecule has 0 N–H and O–H groups in total. The Kier molecular flexibility index (Phi) is 6.85. The van der Waals surface area contributed by atoms with E-state index in [-0.39, 0.29) is 30.2 Å². The lowest BCUT2D eigenvalue weighted by atomic mass is 10.0. The molecule has 3 rings (SSSR count). The minimum absolute atomic E-state index is 0.0214. The van der Waals surface area contributed by atoms with Crippen molar-refractivity contribution in [1.29, 1.82) is 0 Å². The van der Waals surface area contributed by atoms with Crippen LogP contribution in [-0.4, -0.2) is 59.9 Å². The number of benzene rings is 2. The van der Waals surface area contributed by atoms with Gasteiger partial charge in [0.2, 0.25) is 10.0 Å². The van der Waals surface area contributed by atoms with Gasteiger partial charge in [-0.25, -0.2) is 13.2 Å². The van der Waals surface area contributed by atoms with Gasteiger partial charge in [0, 0.05) is 37.8 Å². The number of non-ortho nitro benzene ring substituents is 1. The number of ether oxygens (including phenoxy) is 1. The van der Waals surface area contributed by atoms with E-state index < -0.39 is 32.7 Å². The molecule has 0 radical (unpaired) electrons. The molecule has 0 bridgehead atoms. The molecule has 9 nitrogen and oxygen atoms in total. The molecule has 1 fully saturated rings. The molecule has 0 saturated carbocycles. The molecule has 1 aliphatic heterocycles. The van der Waals surface area contributed by atoms with Crippen molar-refractivity contribution in [2.24, 2.45) is 0 Å². The highest BCUT2D eigenvalue weighted by Gasteiger charge is 2.38. The first-order valence-corrected chi connectivity index (χ1v) is 11.7. The molecule has 1 heterocycles. The van der Waals surface area contributed by atoms with Crippen LogP contribution in [0.2, 0.25) is 0 Å². The minimum atomic E-state index is -3.93. The second kappa shape index (κ2) is 9.25. The number of nitro groups is 1. The van der Waals surface area contributed by atoms with Crippen LogP contribution < -0.4 is 0 Å². The van der Waals surface area contributed by atoms with Crippen LogP contribution in [0.4, 0.5) is 10.5 Å². The minimum Gasteiger partial charge on any atom is -0.444 e. The predicted molar refractivity (Wildman–Crippen MR) is 119 cm³/mol. The molecule has 1 atom stereocenters. The van der Waals surface area contributed by atoms with Crippen molar-refractivity contribution in [3.05, 3.63) is 70.3 Å². The van der Waals surface area contributed by atoms with E-state index in [4.69, 9.17) is 4.74 Å². The summed E-state index contributed by atoms with van der Waals surface area (Å²) in [6.45, 7) is 5.80. The van der Waals surface area contributed by atoms with E-state index in [0.717, 1.165) is 5.56 Å². The Labute approximate surface area is 187 Å². The molecule has 0 aliphatic carbocycles. The number of piperazine rings is 1. The second-order valence-corrected chi connectivity index (χ2v) is 10.5. The van der Waals surface area contributed by atoms with Gasteiger partial charge in [0.1, 0.15) is 5.60 Å². The van der Waals surface area contributed by atoms with Gasteiger partial charge in [-0.1, -0.05) is 30.3 Å². The first-order valence-electron chi connectivity index (χ1n) is 10.3. The Balaban J connectivity index is 1.88. The van der Waals surface area contributed by atoms with E-state index in [9.17, 15) is 23.3 Å². The van der Waals surface area contributed by atoms with Gasteiger partial charge in [0.15, 0.2) is 0 Å². The van der Waals surface area contributed by atoms with Crippen molar-refractivity contribution in [2.75, 3.05) is 19.6 Å². The number of nitro benzene ring substituents is 1. The smallest absolute Gasteiger partial charge is 0.410 e. The molecule has 10 heteroatoms. The third-order valence-electron chi connectivity index (χ3n) is 5.05. The Hall–Kier alpha value is -2.98. The summed E-state index contributed by atoms with van der Waals surface area (Å²) in [5, 5.41) is 10.9. The second-order valence-electron chi connectivity index (χ2n) is 8.64. The normalized spacial score (nSPS) is 17.7. The lowest BCUT2D eigenvalue weighted by Crippen LogP contribution is -2.57. The molecule has 2 aromatic carbocycles. The molecule has 1 aliphatic rings. The standard InChI is InChI=1S/C22H27N3O6S/c1-22(2,3)31-21(26)23-13-14-24(19(16-23)15-17-7-5-4-6-8-17)32(29,30)20-11-9-18(10-12-20)25(27)28/h4-12,19H,13-16H2,1-3H3/t19-/m1/s1. The van der Waals surface area contributed by atoms with Crippen LogP contribution in [0.3, 0.4) is 0 Å². The molecule has 32 heavy (non-hydrogen) atoms. The van der Waals surface area contributed by atoms with Gasteiger partial charge in [-0.15, -0.1) is 0 Å². The monoisotopic (exact) mass is 461 g/mol. The first kappa shape index (κ1) is 23.7. The van der Waals surface area contributed by atoms with Crippen molar-refractivity contribution in [1.82, 2.24) is 9.21 Å². The summed E-state index contributed by atoms with van der Waals surface area (Å²) in [5.41, 5.74) is 0.0977. The van der Waals surface area contributed by atoms with Gasteiger partial charge < -0.3 is 9.64 Å². The quantitative estimate of drug-likeness (QED) is 0.498. The fraction of sp³-hybridized carbons (Fsp3) is 0.409. The summed E-state index contributed by atoms with van der Waals surface area (Å²) >= 11 is 0. The third-order valence-corrected chi connectivity index (χ3v) is 7.01. The topological polar surface area (TPSA) is 110 Å². The van der Waals surface area contributed by atoms with Gasteiger partial charge >= 0.3 is 6.09 Å². The summed E-state index contributed by atoms with van der Waals surface area (Å²) in [6, 6.07) is 13.8. The van der Waals surface area contributed by atoms with Crippen LogP contribution >= 0.6 is 0 Å². The SMILES string of the molecule is CC(C)(C)OC(=O)N1CCN(S(=O)(=O)c2ccc([N+](=O)[O-])cc2)[C@H](Cc2ccccc2)C1. The van der Waals surface area contributed by atoms with Crippen LogP contribution in [0.5, 0.6) is 0 Å². The van der Waals surface area contributed by atoms with Gasteiger partial charge in [-0.2, -0.15) is 4.31 Å². The molecule has 1 saturated heterocycles. The lowest BCUT2D eigenvalue weighted by Gasteiger charge is -2.40. The predicted octanol–water partition coefficient (Wildman–Crippen LogP) is 3.45. The zero-order valence-electron chi connectivity index (χ0n) is 18.3. The first-order chi connectivity index (χ1) is 15.0. The molecular weight excluding hydrogens is 434 g/mol. The van der Waals surface area contributed by atoms with Crippen LogP contribution in [0.25, 0.3) is 0 Å². The zero-order valence-corrected chi connectivity index (χ0v) is 19.1. The van der Waals surface area contributed by atoms with E-state index >= 15 is 0 Å². The molecule has 0 unspecified atom stereocenters. The van der Waals surface area contributed by atoms with Crippen molar-refractivity contribution < 1.29 is 22.9 Å². The largest absolute Gasteiger partial charge is 0.444 e. The van der Waals surface area contributed by atoms with E-state index in [2.05, 4.69) is 0 Å². The van der Waals surface area contributed by atoms with E-state index in [1.807, 2.05) is 30.3 Å². The van der Waals surface area contributed by atoms with Crippen molar-refractivity contribution in [3.8, 4) is 0 Å². The number of rotatable bonds is 5. The van der Waals surface area contributed by atoms with Crippen molar-refractivity contribution in [2.45, 2.75) is 43.7 Å². The summed E-state index contributed by atoms with van der Waals surface area (Å²) < 4.78 is 33.6. The number of sulfonamides is 1. The Morgan fingerprint density at radius 3 is 2.28 bits per heavy atom. The van der Waals surface area contributed by atoms with Crippen LogP contribution in [0.1, 0.15) is 26.3 Å². The number of carbonyl (C=O) groups is 1. The van der Waals surface area contributed by atoms with Crippen LogP contribution in [-0.2, 0) is 21.2 Å². The number of amides is 1. The maximum Gasteiger partial charge on any atom is 0.410 e. The highest BCUT2D eigenvalue weighted by Crippen LogP contribution is 2.26. The van der Waals surface area contributed by atoms with E-state index in [1.54, 1.807) is 20.8 Å². The average Bonchev–Trinajstić information content (AvgIpc) is 2.73.